The molecule has 1 fully saturated rings. The number of rotatable bonds is 5. The number of aryl methyl sites for hydroxylation is 1. The van der Waals surface area contributed by atoms with E-state index in [1.54, 1.807) is 23.4 Å². The van der Waals surface area contributed by atoms with Crippen molar-refractivity contribution in [1.29, 1.82) is 0 Å². The predicted molar refractivity (Wildman–Crippen MR) is 90.0 cm³/mol. The molecule has 23 heavy (non-hydrogen) atoms. The summed E-state index contributed by atoms with van der Waals surface area (Å²) in [6, 6.07) is 3.36. The van der Waals surface area contributed by atoms with Crippen molar-refractivity contribution in [3.8, 4) is 11.5 Å². The average molecular weight is 363 g/mol. The molecule has 1 aromatic rings. The van der Waals surface area contributed by atoms with Crippen molar-refractivity contribution in [3.63, 3.8) is 0 Å². The van der Waals surface area contributed by atoms with Crippen LogP contribution in [0.15, 0.2) is 17.0 Å². The summed E-state index contributed by atoms with van der Waals surface area (Å²) in [7, 11) is -3.54. The first-order valence-corrected chi connectivity index (χ1v) is 9.11. The van der Waals surface area contributed by atoms with Gasteiger partial charge in [-0.1, -0.05) is 6.92 Å². The molecule has 0 saturated carbocycles. The van der Waals surface area contributed by atoms with Gasteiger partial charge in [-0.15, -0.1) is 12.4 Å². The molecule has 0 amide bonds. The molecular weight excluding hydrogens is 340 g/mol. The number of nitrogens with one attached hydrogen (secondary N) is 1. The Morgan fingerprint density at radius 2 is 2.00 bits per heavy atom. The molecule has 2 aliphatic heterocycles. The summed E-state index contributed by atoms with van der Waals surface area (Å²) in [4.78, 5) is 0.317. The lowest BCUT2D eigenvalue weighted by Gasteiger charge is -2.28. The van der Waals surface area contributed by atoms with E-state index < -0.39 is 10.0 Å². The molecule has 3 rings (SSSR count). The van der Waals surface area contributed by atoms with E-state index in [-0.39, 0.29) is 25.2 Å². The first kappa shape index (κ1) is 18.3. The van der Waals surface area contributed by atoms with Gasteiger partial charge in [-0.25, -0.2) is 8.42 Å². The molecule has 0 bridgehead atoms. The van der Waals surface area contributed by atoms with Gasteiger partial charge in [0.25, 0.3) is 0 Å². The Kier molecular flexibility index (Phi) is 5.78. The van der Waals surface area contributed by atoms with Crippen LogP contribution in [0.3, 0.4) is 0 Å². The summed E-state index contributed by atoms with van der Waals surface area (Å²) in [6.45, 7) is 6.04. The highest BCUT2D eigenvalue weighted by molar-refractivity contribution is 7.89. The summed E-state index contributed by atoms with van der Waals surface area (Å²) in [6.07, 6.45) is 1.64. The van der Waals surface area contributed by atoms with E-state index in [2.05, 4.69) is 5.32 Å². The standard InChI is InChI=1S/C15H22N2O4S.ClH/c1-3-6-17(12-4-5-16-9-12)22(18,19)15-8-14-13(7-11(15)2)20-10-21-14;/h7-8,12,16H,3-6,9-10H2,1-2H3;1H. The third-order valence-electron chi connectivity index (χ3n) is 4.14. The second kappa shape index (κ2) is 7.25. The van der Waals surface area contributed by atoms with E-state index in [0.717, 1.165) is 19.4 Å². The van der Waals surface area contributed by atoms with Crippen LogP contribution in [-0.2, 0) is 10.0 Å². The van der Waals surface area contributed by atoms with Crippen molar-refractivity contribution >= 4 is 22.4 Å². The topological polar surface area (TPSA) is 67.9 Å². The van der Waals surface area contributed by atoms with Crippen molar-refractivity contribution in [2.75, 3.05) is 26.4 Å². The molecule has 130 valence electrons. The fourth-order valence-corrected chi connectivity index (χ4v) is 5.00. The number of ether oxygens (including phenoxy) is 2. The Labute approximate surface area is 143 Å². The van der Waals surface area contributed by atoms with E-state index in [1.165, 1.54) is 0 Å². The van der Waals surface area contributed by atoms with Crippen LogP contribution in [0.5, 0.6) is 11.5 Å². The zero-order chi connectivity index (χ0) is 15.7. The van der Waals surface area contributed by atoms with Gasteiger partial charge in [0.1, 0.15) is 0 Å². The van der Waals surface area contributed by atoms with E-state index >= 15 is 0 Å². The molecule has 1 aromatic carbocycles. The number of nitrogens with zero attached hydrogens (tertiary/aromatic N) is 1. The second-order valence-electron chi connectivity index (χ2n) is 5.73. The third kappa shape index (κ3) is 3.42. The van der Waals surface area contributed by atoms with Crippen molar-refractivity contribution in [3.05, 3.63) is 17.7 Å². The maximum atomic E-state index is 13.1. The first-order valence-electron chi connectivity index (χ1n) is 7.67. The summed E-state index contributed by atoms with van der Waals surface area (Å²) >= 11 is 0. The SMILES string of the molecule is CCCN(C1CCNC1)S(=O)(=O)c1cc2c(cc1C)OCO2.Cl. The molecule has 1 saturated heterocycles. The van der Waals surface area contributed by atoms with E-state index in [9.17, 15) is 8.42 Å². The lowest BCUT2D eigenvalue weighted by atomic mass is 10.2. The number of halogens is 1. The number of hydrogen-bond acceptors (Lipinski definition) is 5. The highest BCUT2D eigenvalue weighted by atomic mass is 35.5. The minimum absolute atomic E-state index is 0. The summed E-state index contributed by atoms with van der Waals surface area (Å²) < 4.78 is 38.6. The molecule has 6 nitrogen and oxygen atoms in total. The maximum Gasteiger partial charge on any atom is 0.243 e. The Hall–Kier alpha value is -1.02. The van der Waals surface area contributed by atoms with Crippen molar-refractivity contribution in [2.24, 2.45) is 0 Å². The van der Waals surface area contributed by atoms with Gasteiger partial charge >= 0.3 is 0 Å². The minimum Gasteiger partial charge on any atom is -0.454 e. The molecule has 1 N–H and O–H groups in total. The van der Waals surface area contributed by atoms with Crippen LogP contribution in [0, 0.1) is 6.92 Å². The van der Waals surface area contributed by atoms with Crippen LogP contribution in [0.2, 0.25) is 0 Å². The highest BCUT2D eigenvalue weighted by Crippen LogP contribution is 2.37. The highest BCUT2D eigenvalue weighted by Gasteiger charge is 2.34. The monoisotopic (exact) mass is 362 g/mol. The van der Waals surface area contributed by atoms with Crippen LogP contribution < -0.4 is 14.8 Å². The normalized spacial score (nSPS) is 19.9. The molecular formula is C15H23ClN2O4S. The van der Waals surface area contributed by atoms with Crippen LogP contribution in [0.25, 0.3) is 0 Å². The Balaban J connectivity index is 0.00000192. The number of sulfonamides is 1. The van der Waals surface area contributed by atoms with E-state index in [4.69, 9.17) is 9.47 Å². The Morgan fingerprint density at radius 3 is 2.61 bits per heavy atom. The second-order valence-corrected chi connectivity index (χ2v) is 7.59. The molecule has 0 radical (unpaired) electrons. The lowest BCUT2D eigenvalue weighted by molar-refractivity contribution is 0.174. The van der Waals surface area contributed by atoms with Gasteiger partial charge in [-0.05, 0) is 37.9 Å². The average Bonchev–Trinajstić information content (AvgIpc) is 3.14. The van der Waals surface area contributed by atoms with E-state index in [0.29, 0.717) is 35.0 Å². The Bertz CT molecular complexity index is 660. The molecule has 0 aliphatic carbocycles. The maximum absolute atomic E-state index is 13.1. The minimum atomic E-state index is -3.54. The number of hydrogen-bond donors (Lipinski definition) is 1. The first-order chi connectivity index (χ1) is 10.5. The fraction of sp³-hybridized carbons (Fsp3) is 0.600. The third-order valence-corrected chi connectivity index (χ3v) is 6.24. The van der Waals surface area contributed by atoms with Gasteiger partial charge in [0.15, 0.2) is 11.5 Å². The number of benzene rings is 1. The van der Waals surface area contributed by atoms with Gasteiger partial charge in [0.2, 0.25) is 16.8 Å². The van der Waals surface area contributed by atoms with Crippen LogP contribution in [0.1, 0.15) is 25.3 Å². The van der Waals surface area contributed by atoms with Gasteiger partial charge in [0.05, 0.1) is 4.90 Å². The summed E-state index contributed by atoms with van der Waals surface area (Å²) in [5, 5.41) is 3.24. The van der Waals surface area contributed by atoms with Crippen LogP contribution >= 0.6 is 12.4 Å². The van der Waals surface area contributed by atoms with Gasteiger partial charge < -0.3 is 14.8 Å². The Morgan fingerprint density at radius 1 is 1.30 bits per heavy atom. The van der Waals surface area contributed by atoms with Gasteiger partial charge in [-0.2, -0.15) is 4.31 Å². The van der Waals surface area contributed by atoms with Crippen molar-refractivity contribution in [2.45, 2.75) is 37.6 Å². The van der Waals surface area contributed by atoms with Crippen molar-refractivity contribution < 1.29 is 17.9 Å². The largest absolute Gasteiger partial charge is 0.454 e. The van der Waals surface area contributed by atoms with E-state index in [1.807, 2.05) is 6.92 Å². The molecule has 8 heteroatoms. The molecule has 0 aromatic heterocycles. The fourth-order valence-electron chi connectivity index (χ4n) is 3.03. The number of fused-ring (bicyclic) bond motifs is 1. The van der Waals surface area contributed by atoms with Crippen molar-refractivity contribution in [1.82, 2.24) is 9.62 Å². The van der Waals surface area contributed by atoms with Gasteiger partial charge in [-0.3, -0.25) is 0 Å². The van der Waals surface area contributed by atoms with Crippen LogP contribution in [-0.4, -0.2) is 45.2 Å². The summed E-state index contributed by atoms with van der Waals surface area (Å²) in [5.41, 5.74) is 0.691. The summed E-state index contributed by atoms with van der Waals surface area (Å²) in [5.74, 6) is 1.12. The zero-order valence-electron chi connectivity index (χ0n) is 13.4. The molecule has 1 atom stereocenters. The van der Waals surface area contributed by atoms with Gasteiger partial charge in [0, 0.05) is 25.2 Å². The molecule has 2 heterocycles. The molecule has 0 spiro atoms. The molecule has 2 aliphatic rings. The molecule has 1 unspecified atom stereocenters. The smallest absolute Gasteiger partial charge is 0.243 e. The zero-order valence-corrected chi connectivity index (χ0v) is 15.0. The quantitative estimate of drug-likeness (QED) is 0.866. The predicted octanol–water partition coefficient (Wildman–Crippen LogP) is 1.91. The van der Waals surface area contributed by atoms with Crippen LogP contribution in [0.4, 0.5) is 0 Å². The lowest BCUT2D eigenvalue weighted by Crippen LogP contribution is -2.42.